The Labute approximate surface area is 192 Å². The number of carbonyl (C=O) groups is 2. The molecule has 2 amide bonds. The first-order chi connectivity index (χ1) is 15.4. The van der Waals surface area contributed by atoms with Crippen molar-refractivity contribution in [3.63, 3.8) is 0 Å². The molecule has 6 nitrogen and oxygen atoms in total. The number of nitrogens with one attached hydrogen (secondary N) is 2. The molecule has 1 unspecified atom stereocenters. The van der Waals surface area contributed by atoms with E-state index >= 15 is 0 Å². The molecule has 1 atom stereocenters. The van der Waals surface area contributed by atoms with Gasteiger partial charge in [0, 0.05) is 31.0 Å². The summed E-state index contributed by atoms with van der Waals surface area (Å²) in [6, 6.07) is 16.8. The number of carbonyl (C=O) groups excluding carboxylic acids is 2. The van der Waals surface area contributed by atoms with Crippen LogP contribution in [-0.2, 0) is 13.0 Å². The van der Waals surface area contributed by atoms with Gasteiger partial charge in [0.1, 0.15) is 11.1 Å². The highest BCUT2D eigenvalue weighted by Gasteiger charge is 2.20. The summed E-state index contributed by atoms with van der Waals surface area (Å²) in [5.74, 6) is -1.05. The minimum Gasteiger partial charge on any atom is -0.355 e. The van der Waals surface area contributed by atoms with Crippen molar-refractivity contribution < 1.29 is 9.59 Å². The zero-order valence-corrected chi connectivity index (χ0v) is 18.9. The molecule has 0 bridgehead atoms. The van der Waals surface area contributed by atoms with Crippen LogP contribution >= 0.6 is 11.6 Å². The quantitative estimate of drug-likeness (QED) is 0.543. The lowest BCUT2D eigenvalue weighted by Gasteiger charge is -2.16. The number of nitrogens with zero attached hydrogens (tertiary/aromatic N) is 1. The van der Waals surface area contributed by atoms with Gasteiger partial charge < -0.3 is 15.2 Å². The van der Waals surface area contributed by atoms with E-state index in [0.717, 1.165) is 18.4 Å². The molecule has 0 saturated carbocycles. The third kappa shape index (κ3) is 5.86. The van der Waals surface area contributed by atoms with Crippen molar-refractivity contribution in [2.45, 2.75) is 32.4 Å². The average molecular weight is 452 g/mol. The molecule has 0 spiro atoms. The van der Waals surface area contributed by atoms with Gasteiger partial charge in [-0.3, -0.25) is 14.4 Å². The van der Waals surface area contributed by atoms with Crippen LogP contribution in [-0.4, -0.2) is 23.4 Å². The van der Waals surface area contributed by atoms with Crippen molar-refractivity contribution in [3.05, 3.63) is 104 Å². The van der Waals surface area contributed by atoms with Crippen LogP contribution in [0.5, 0.6) is 0 Å². The van der Waals surface area contributed by atoms with Crippen molar-refractivity contribution in [1.82, 2.24) is 15.2 Å². The fraction of sp³-hybridized carbons (Fsp3) is 0.240. The number of hydrogen-bond acceptors (Lipinski definition) is 3. The van der Waals surface area contributed by atoms with Crippen LogP contribution in [0.3, 0.4) is 0 Å². The minimum atomic E-state index is -0.593. The van der Waals surface area contributed by atoms with Crippen molar-refractivity contribution in [1.29, 1.82) is 0 Å². The van der Waals surface area contributed by atoms with Crippen LogP contribution in [0, 0.1) is 0 Å². The van der Waals surface area contributed by atoms with E-state index in [2.05, 4.69) is 22.8 Å². The monoisotopic (exact) mass is 451 g/mol. The Morgan fingerprint density at radius 1 is 0.969 bits per heavy atom. The van der Waals surface area contributed by atoms with E-state index in [4.69, 9.17) is 11.6 Å². The summed E-state index contributed by atoms with van der Waals surface area (Å²) in [4.78, 5) is 38.1. The number of pyridine rings is 1. The molecule has 1 heterocycles. The van der Waals surface area contributed by atoms with Gasteiger partial charge in [-0.25, -0.2) is 0 Å². The fourth-order valence-electron chi connectivity index (χ4n) is 3.44. The summed E-state index contributed by atoms with van der Waals surface area (Å²) in [6.07, 6.45) is 4.66. The molecule has 0 saturated heterocycles. The summed E-state index contributed by atoms with van der Waals surface area (Å²) in [7, 11) is 1.46. The summed E-state index contributed by atoms with van der Waals surface area (Å²) < 4.78 is 1.73. The topological polar surface area (TPSA) is 80.2 Å². The molecule has 166 valence electrons. The Balaban J connectivity index is 1.81. The van der Waals surface area contributed by atoms with Gasteiger partial charge in [0.2, 0.25) is 5.43 Å². The number of benzene rings is 2. The number of amides is 2. The maximum atomic E-state index is 12.9. The first-order valence-electron chi connectivity index (χ1n) is 10.5. The van der Waals surface area contributed by atoms with Crippen molar-refractivity contribution in [3.8, 4) is 0 Å². The molecule has 0 radical (unpaired) electrons. The summed E-state index contributed by atoms with van der Waals surface area (Å²) in [5, 5.41) is 5.91. The van der Waals surface area contributed by atoms with Crippen LogP contribution in [0.25, 0.3) is 0 Å². The molecular formula is C25H26ClN3O3. The highest BCUT2D eigenvalue weighted by molar-refractivity contribution is 6.30. The van der Waals surface area contributed by atoms with Gasteiger partial charge in [-0.15, -0.1) is 0 Å². The van der Waals surface area contributed by atoms with Crippen molar-refractivity contribution >= 4 is 23.4 Å². The fourth-order valence-corrected chi connectivity index (χ4v) is 3.56. The number of rotatable bonds is 8. The molecular weight excluding hydrogens is 426 g/mol. The highest BCUT2D eigenvalue weighted by atomic mass is 35.5. The molecule has 32 heavy (non-hydrogen) atoms. The lowest BCUT2D eigenvalue weighted by atomic mass is 10.1. The zero-order valence-electron chi connectivity index (χ0n) is 18.1. The zero-order chi connectivity index (χ0) is 23.1. The first kappa shape index (κ1) is 23.3. The van der Waals surface area contributed by atoms with Crippen molar-refractivity contribution in [2.24, 2.45) is 0 Å². The molecule has 0 aliphatic heterocycles. The molecule has 2 N–H and O–H groups in total. The summed E-state index contributed by atoms with van der Waals surface area (Å²) >= 11 is 5.93. The van der Waals surface area contributed by atoms with E-state index < -0.39 is 17.2 Å². The van der Waals surface area contributed by atoms with Gasteiger partial charge in [-0.2, -0.15) is 0 Å². The van der Waals surface area contributed by atoms with Crippen LogP contribution in [0.1, 0.15) is 51.2 Å². The van der Waals surface area contributed by atoms with E-state index in [0.29, 0.717) is 11.6 Å². The lowest BCUT2D eigenvalue weighted by molar-refractivity contribution is 0.0938. The van der Waals surface area contributed by atoms with Gasteiger partial charge in [-0.1, -0.05) is 54.1 Å². The molecule has 3 aromatic rings. The number of aromatic nitrogens is 1. The second-order valence-electron chi connectivity index (χ2n) is 7.57. The Bertz CT molecular complexity index is 1140. The SMILES string of the molecule is CNC(=O)c1cn(CCCc2ccccc2)cc(C(=O)NC(C)c2ccc(Cl)cc2)c1=O. The molecule has 7 heteroatoms. The maximum absolute atomic E-state index is 12.9. The largest absolute Gasteiger partial charge is 0.355 e. The van der Waals surface area contributed by atoms with Crippen LogP contribution in [0.15, 0.2) is 71.8 Å². The van der Waals surface area contributed by atoms with Gasteiger partial charge in [0.15, 0.2) is 0 Å². The number of aryl methyl sites for hydroxylation is 2. The van der Waals surface area contributed by atoms with Crippen LogP contribution in [0.4, 0.5) is 0 Å². The Hall–Kier alpha value is -3.38. The van der Waals surface area contributed by atoms with Gasteiger partial charge in [-0.05, 0) is 43.0 Å². The molecule has 0 fully saturated rings. The third-order valence-corrected chi connectivity index (χ3v) is 5.49. The third-order valence-electron chi connectivity index (χ3n) is 5.24. The predicted octanol–water partition coefficient (Wildman–Crippen LogP) is 3.99. The predicted molar refractivity (Wildman–Crippen MR) is 126 cm³/mol. The number of halogens is 1. The van der Waals surface area contributed by atoms with E-state index in [-0.39, 0.29) is 17.2 Å². The Morgan fingerprint density at radius 3 is 2.22 bits per heavy atom. The minimum absolute atomic E-state index is 0.0565. The summed E-state index contributed by atoms with van der Waals surface area (Å²) in [6.45, 7) is 2.38. The van der Waals surface area contributed by atoms with Crippen LogP contribution < -0.4 is 16.1 Å². The van der Waals surface area contributed by atoms with E-state index in [9.17, 15) is 14.4 Å². The molecule has 1 aromatic heterocycles. The average Bonchev–Trinajstić information content (AvgIpc) is 2.80. The lowest BCUT2D eigenvalue weighted by Crippen LogP contribution is -2.35. The molecule has 0 aliphatic rings. The van der Waals surface area contributed by atoms with Gasteiger partial charge in [0.05, 0.1) is 6.04 Å². The Kier molecular flexibility index (Phi) is 7.84. The normalized spacial score (nSPS) is 11.6. The first-order valence-corrected chi connectivity index (χ1v) is 10.8. The van der Waals surface area contributed by atoms with Gasteiger partial charge >= 0.3 is 0 Å². The van der Waals surface area contributed by atoms with Gasteiger partial charge in [0.25, 0.3) is 11.8 Å². The molecule has 3 rings (SSSR count). The Morgan fingerprint density at radius 2 is 1.59 bits per heavy atom. The number of hydrogen-bond donors (Lipinski definition) is 2. The standard InChI is InChI=1S/C25H26ClN3O3/c1-17(19-10-12-20(26)13-11-19)28-25(32)22-16-29(15-21(23(22)30)24(31)27-2)14-6-9-18-7-4-3-5-8-18/h3-5,7-8,10-13,15-17H,6,9,14H2,1-2H3,(H,27,31)(H,28,32). The smallest absolute Gasteiger partial charge is 0.257 e. The summed E-state index contributed by atoms with van der Waals surface area (Å²) in [5.41, 5.74) is 1.35. The van der Waals surface area contributed by atoms with E-state index in [1.54, 1.807) is 16.7 Å². The molecule has 0 aliphatic carbocycles. The highest BCUT2D eigenvalue weighted by Crippen LogP contribution is 2.16. The van der Waals surface area contributed by atoms with E-state index in [1.807, 2.05) is 37.3 Å². The van der Waals surface area contributed by atoms with Crippen molar-refractivity contribution in [2.75, 3.05) is 7.05 Å². The van der Waals surface area contributed by atoms with Crippen LogP contribution in [0.2, 0.25) is 5.02 Å². The van der Waals surface area contributed by atoms with E-state index in [1.165, 1.54) is 25.0 Å². The second kappa shape index (κ2) is 10.8. The second-order valence-corrected chi connectivity index (χ2v) is 8.00. The molecule has 2 aromatic carbocycles. The maximum Gasteiger partial charge on any atom is 0.257 e.